The normalized spacial score (nSPS) is 35.8. The van der Waals surface area contributed by atoms with Crippen LogP contribution in [0.15, 0.2) is 28.7 Å². The number of hydrogen-bond acceptors (Lipinski definition) is 2. The molecule has 4 heteroatoms. The van der Waals surface area contributed by atoms with Crippen LogP contribution < -0.4 is 10.1 Å². The highest BCUT2D eigenvalue weighted by Crippen LogP contribution is 2.53. The summed E-state index contributed by atoms with van der Waals surface area (Å²) in [6, 6.07) is 8.01. The van der Waals surface area contributed by atoms with Gasteiger partial charge in [0.25, 0.3) is 5.91 Å². The lowest BCUT2D eigenvalue weighted by Crippen LogP contribution is -2.57. The van der Waals surface area contributed by atoms with E-state index in [1.165, 1.54) is 32.1 Å². The van der Waals surface area contributed by atoms with Crippen molar-refractivity contribution in [3.8, 4) is 5.75 Å². The first-order chi connectivity index (χ1) is 11.1. The Kier molecular flexibility index (Phi) is 4.12. The first kappa shape index (κ1) is 15.5. The van der Waals surface area contributed by atoms with E-state index < -0.39 is 6.10 Å². The molecule has 4 aliphatic carbocycles. The fraction of sp³-hybridized carbons (Fsp3) is 0.632. The fourth-order valence-corrected chi connectivity index (χ4v) is 5.48. The highest BCUT2D eigenvalue weighted by Gasteiger charge is 2.48. The number of hydrogen-bond donors (Lipinski definition) is 1. The smallest absolute Gasteiger partial charge is 0.261 e. The average molecular weight is 378 g/mol. The molecular weight excluding hydrogens is 354 g/mol. The molecule has 0 saturated heterocycles. The molecule has 124 valence electrons. The second-order valence-corrected chi connectivity index (χ2v) is 8.59. The molecule has 0 aromatic heterocycles. The summed E-state index contributed by atoms with van der Waals surface area (Å²) in [7, 11) is 0. The van der Waals surface area contributed by atoms with Crippen molar-refractivity contribution >= 4 is 21.8 Å². The van der Waals surface area contributed by atoms with E-state index in [9.17, 15) is 4.79 Å². The molecule has 0 radical (unpaired) electrons. The van der Waals surface area contributed by atoms with Crippen molar-refractivity contribution in [1.29, 1.82) is 0 Å². The van der Waals surface area contributed by atoms with Crippen LogP contribution in [0.25, 0.3) is 0 Å². The number of nitrogens with one attached hydrogen (secondary N) is 1. The minimum Gasteiger partial charge on any atom is -0.481 e. The molecule has 4 saturated carbocycles. The van der Waals surface area contributed by atoms with Gasteiger partial charge >= 0.3 is 0 Å². The van der Waals surface area contributed by atoms with Gasteiger partial charge in [0.1, 0.15) is 5.75 Å². The molecule has 23 heavy (non-hydrogen) atoms. The lowest BCUT2D eigenvalue weighted by atomic mass is 9.54. The molecule has 0 spiro atoms. The molecule has 4 bridgehead atoms. The van der Waals surface area contributed by atoms with E-state index in [0.29, 0.717) is 17.9 Å². The zero-order chi connectivity index (χ0) is 16.0. The van der Waals surface area contributed by atoms with Crippen LogP contribution in [0.3, 0.4) is 0 Å². The Hall–Kier alpha value is -1.03. The Labute approximate surface area is 146 Å². The van der Waals surface area contributed by atoms with Crippen LogP contribution in [0.4, 0.5) is 0 Å². The zero-order valence-electron chi connectivity index (χ0n) is 13.5. The van der Waals surface area contributed by atoms with Gasteiger partial charge in [0, 0.05) is 10.5 Å². The Balaban J connectivity index is 1.37. The third-order valence-corrected chi connectivity index (χ3v) is 6.56. The highest BCUT2D eigenvalue weighted by atomic mass is 79.9. The Morgan fingerprint density at radius 1 is 1.09 bits per heavy atom. The zero-order valence-corrected chi connectivity index (χ0v) is 15.1. The van der Waals surface area contributed by atoms with Crippen LogP contribution in [-0.2, 0) is 4.79 Å². The van der Waals surface area contributed by atoms with Crippen molar-refractivity contribution in [2.75, 3.05) is 0 Å². The molecule has 4 aliphatic rings. The molecule has 0 heterocycles. The van der Waals surface area contributed by atoms with Gasteiger partial charge in [0.15, 0.2) is 6.10 Å². The van der Waals surface area contributed by atoms with Crippen molar-refractivity contribution in [2.24, 2.45) is 23.7 Å². The first-order valence-electron chi connectivity index (χ1n) is 8.81. The Morgan fingerprint density at radius 3 is 2.22 bits per heavy atom. The molecule has 1 aromatic carbocycles. The highest BCUT2D eigenvalue weighted by molar-refractivity contribution is 9.10. The van der Waals surface area contributed by atoms with Gasteiger partial charge in [-0.05, 0) is 87.0 Å². The van der Waals surface area contributed by atoms with Gasteiger partial charge in [0.2, 0.25) is 0 Å². The predicted molar refractivity (Wildman–Crippen MR) is 93.2 cm³/mol. The Morgan fingerprint density at radius 2 is 1.65 bits per heavy atom. The second-order valence-electron chi connectivity index (χ2n) is 7.68. The van der Waals surface area contributed by atoms with E-state index >= 15 is 0 Å². The fourth-order valence-electron chi connectivity index (χ4n) is 5.21. The van der Waals surface area contributed by atoms with E-state index in [-0.39, 0.29) is 5.91 Å². The molecule has 3 nitrogen and oxygen atoms in total. The minimum atomic E-state index is -0.451. The molecule has 5 rings (SSSR count). The van der Waals surface area contributed by atoms with Crippen LogP contribution in [0.2, 0.25) is 0 Å². The summed E-state index contributed by atoms with van der Waals surface area (Å²) in [4.78, 5) is 12.6. The quantitative estimate of drug-likeness (QED) is 0.855. The monoisotopic (exact) mass is 377 g/mol. The van der Waals surface area contributed by atoms with Gasteiger partial charge in [0.05, 0.1) is 0 Å². The molecule has 1 unspecified atom stereocenters. The van der Waals surface area contributed by atoms with Crippen LogP contribution in [0.1, 0.15) is 39.0 Å². The van der Waals surface area contributed by atoms with Gasteiger partial charge in [-0.15, -0.1) is 0 Å². The van der Waals surface area contributed by atoms with Crippen molar-refractivity contribution in [2.45, 2.75) is 51.2 Å². The molecule has 1 atom stereocenters. The van der Waals surface area contributed by atoms with Crippen molar-refractivity contribution in [3.63, 3.8) is 0 Å². The van der Waals surface area contributed by atoms with Crippen molar-refractivity contribution in [3.05, 3.63) is 28.7 Å². The van der Waals surface area contributed by atoms with Crippen molar-refractivity contribution in [1.82, 2.24) is 5.32 Å². The maximum absolute atomic E-state index is 12.6. The van der Waals surface area contributed by atoms with E-state index in [0.717, 1.165) is 22.1 Å². The van der Waals surface area contributed by atoms with Gasteiger partial charge in [-0.2, -0.15) is 0 Å². The summed E-state index contributed by atoms with van der Waals surface area (Å²) >= 11 is 3.41. The molecule has 1 amide bonds. The third-order valence-electron chi connectivity index (χ3n) is 6.03. The Bertz CT molecular complexity index is 558. The summed E-state index contributed by atoms with van der Waals surface area (Å²) < 4.78 is 6.80. The van der Waals surface area contributed by atoms with Crippen molar-refractivity contribution < 1.29 is 9.53 Å². The summed E-state index contributed by atoms with van der Waals surface area (Å²) in [6.07, 6.45) is 6.27. The molecule has 0 aliphatic heterocycles. The van der Waals surface area contributed by atoms with Gasteiger partial charge in [-0.3, -0.25) is 4.79 Å². The first-order valence-corrected chi connectivity index (χ1v) is 9.60. The summed E-state index contributed by atoms with van der Waals surface area (Å²) in [5.74, 6) is 4.04. The maximum Gasteiger partial charge on any atom is 0.261 e. The molecule has 1 N–H and O–H groups in total. The molecule has 4 fully saturated rings. The average Bonchev–Trinajstić information content (AvgIpc) is 2.52. The maximum atomic E-state index is 12.6. The summed E-state index contributed by atoms with van der Waals surface area (Å²) in [5, 5.41) is 3.32. The van der Waals surface area contributed by atoms with Gasteiger partial charge in [-0.25, -0.2) is 0 Å². The van der Waals surface area contributed by atoms with E-state index in [1.54, 1.807) is 0 Å². The minimum absolute atomic E-state index is 0.0328. The second kappa shape index (κ2) is 6.12. The van der Waals surface area contributed by atoms with E-state index in [1.807, 2.05) is 31.2 Å². The van der Waals surface area contributed by atoms with E-state index in [2.05, 4.69) is 21.2 Å². The van der Waals surface area contributed by atoms with Gasteiger partial charge in [-0.1, -0.05) is 15.9 Å². The molecule has 1 aromatic rings. The van der Waals surface area contributed by atoms with Crippen LogP contribution >= 0.6 is 15.9 Å². The molecular formula is C19H24BrNO2. The number of carbonyl (C=O) groups excluding carboxylic acids is 1. The lowest BCUT2D eigenvalue weighted by Gasteiger charge is -2.54. The van der Waals surface area contributed by atoms with Gasteiger partial charge < -0.3 is 10.1 Å². The SMILES string of the molecule is CC(Oc1ccc(Br)cc1)C(=O)NC1C2CC3CC(C2)CC1C3. The topological polar surface area (TPSA) is 38.3 Å². The van der Waals surface area contributed by atoms with Crippen LogP contribution in [0.5, 0.6) is 5.75 Å². The third kappa shape index (κ3) is 3.15. The van der Waals surface area contributed by atoms with E-state index in [4.69, 9.17) is 4.74 Å². The largest absolute Gasteiger partial charge is 0.481 e. The summed E-state index contributed by atoms with van der Waals surface area (Å²) in [6.45, 7) is 1.84. The number of carbonyl (C=O) groups is 1. The number of halogens is 1. The number of amides is 1. The summed E-state index contributed by atoms with van der Waals surface area (Å²) in [5.41, 5.74) is 0. The number of benzene rings is 1. The predicted octanol–water partition coefficient (Wildman–Crippen LogP) is 4.16. The number of rotatable bonds is 4. The van der Waals surface area contributed by atoms with Crippen LogP contribution in [-0.4, -0.2) is 18.1 Å². The van der Waals surface area contributed by atoms with Crippen LogP contribution in [0, 0.1) is 23.7 Å². The lowest BCUT2D eigenvalue weighted by molar-refractivity contribution is -0.131. The standard InChI is InChI=1S/C19H24BrNO2/c1-11(23-17-4-2-16(20)3-5-17)19(22)21-18-14-7-12-6-13(9-14)10-15(18)8-12/h2-5,11-15,18H,6-10H2,1H3,(H,21,22). The number of ether oxygens (including phenoxy) is 1.